The number of para-hydroxylation sites is 1. The molecule has 0 spiro atoms. The normalized spacial score (nSPS) is 10.8. The number of carboxylic acids is 1. The Morgan fingerprint density at radius 2 is 1.95 bits per heavy atom. The molecule has 0 atom stereocenters. The van der Waals surface area contributed by atoms with Gasteiger partial charge in [-0.15, -0.1) is 0 Å². The zero-order chi connectivity index (χ0) is 15.0. The minimum atomic E-state index is -0.948. The summed E-state index contributed by atoms with van der Waals surface area (Å²) in [4.78, 5) is 14.5. The van der Waals surface area contributed by atoms with Crippen LogP contribution in [-0.4, -0.2) is 23.2 Å². The molecule has 3 rings (SSSR count). The van der Waals surface area contributed by atoms with Crippen molar-refractivity contribution in [1.82, 2.24) is 4.98 Å². The number of aryl methyl sites for hydroxylation is 1. The highest BCUT2D eigenvalue weighted by Crippen LogP contribution is 2.38. The Morgan fingerprint density at radius 3 is 2.67 bits per heavy atom. The van der Waals surface area contributed by atoms with Crippen molar-refractivity contribution in [3.63, 3.8) is 0 Å². The molecule has 0 radical (unpaired) electrons. The van der Waals surface area contributed by atoms with E-state index in [9.17, 15) is 9.90 Å². The predicted octanol–water partition coefficient (Wildman–Crippen LogP) is 3.85. The van der Waals surface area contributed by atoms with Gasteiger partial charge in [0.1, 0.15) is 5.75 Å². The van der Waals surface area contributed by atoms with Gasteiger partial charge in [0.25, 0.3) is 0 Å². The average molecular weight is 281 g/mol. The predicted molar refractivity (Wildman–Crippen MR) is 82.0 cm³/mol. The summed E-state index contributed by atoms with van der Waals surface area (Å²) in [5.41, 5.74) is 4.01. The van der Waals surface area contributed by atoms with Gasteiger partial charge >= 0.3 is 5.97 Å². The Labute approximate surface area is 122 Å². The van der Waals surface area contributed by atoms with Crippen LogP contribution in [0.1, 0.15) is 16.1 Å². The van der Waals surface area contributed by atoms with E-state index in [4.69, 9.17) is 4.74 Å². The van der Waals surface area contributed by atoms with Crippen LogP contribution in [0.25, 0.3) is 22.0 Å². The number of fused-ring (bicyclic) bond motifs is 1. The van der Waals surface area contributed by atoms with Crippen molar-refractivity contribution in [2.75, 3.05) is 7.11 Å². The summed E-state index contributed by atoms with van der Waals surface area (Å²) >= 11 is 0. The molecule has 4 nitrogen and oxygen atoms in total. The molecule has 0 fully saturated rings. The van der Waals surface area contributed by atoms with E-state index in [1.807, 2.05) is 31.2 Å². The monoisotopic (exact) mass is 281 g/mol. The maximum absolute atomic E-state index is 11.2. The first-order chi connectivity index (χ1) is 10.1. The van der Waals surface area contributed by atoms with E-state index in [0.717, 1.165) is 27.7 Å². The molecule has 1 aromatic heterocycles. The molecule has 21 heavy (non-hydrogen) atoms. The van der Waals surface area contributed by atoms with Crippen molar-refractivity contribution >= 4 is 16.9 Å². The molecule has 0 aliphatic heterocycles. The van der Waals surface area contributed by atoms with Gasteiger partial charge in [-0.25, -0.2) is 4.79 Å². The van der Waals surface area contributed by atoms with Gasteiger partial charge in [-0.3, -0.25) is 0 Å². The molecule has 0 bridgehead atoms. The standard InChI is InChI=1S/C17H15NO3/c1-10-16(12-5-3-4-6-14(12)18-10)13-9-11(17(19)20)7-8-15(13)21-2/h3-9,18H,1-2H3,(H,19,20). The molecule has 0 saturated heterocycles. The lowest BCUT2D eigenvalue weighted by Crippen LogP contribution is -1.98. The number of hydrogen-bond donors (Lipinski definition) is 2. The summed E-state index contributed by atoms with van der Waals surface area (Å²) < 4.78 is 5.40. The van der Waals surface area contributed by atoms with E-state index in [0.29, 0.717) is 5.75 Å². The number of aromatic amines is 1. The summed E-state index contributed by atoms with van der Waals surface area (Å²) in [6.45, 7) is 1.97. The molecule has 0 aliphatic carbocycles. The zero-order valence-corrected chi connectivity index (χ0v) is 11.8. The molecule has 0 amide bonds. The minimum Gasteiger partial charge on any atom is -0.496 e. The summed E-state index contributed by atoms with van der Waals surface area (Å²) in [7, 11) is 1.59. The number of methoxy groups -OCH3 is 1. The minimum absolute atomic E-state index is 0.246. The lowest BCUT2D eigenvalue weighted by Gasteiger charge is -2.10. The first-order valence-electron chi connectivity index (χ1n) is 6.61. The highest BCUT2D eigenvalue weighted by molar-refractivity contribution is 6.00. The lowest BCUT2D eigenvalue weighted by molar-refractivity contribution is 0.0697. The van der Waals surface area contributed by atoms with Crippen LogP contribution in [0.15, 0.2) is 42.5 Å². The second kappa shape index (κ2) is 4.98. The first kappa shape index (κ1) is 13.2. The molecule has 3 aromatic rings. The van der Waals surface area contributed by atoms with Crippen LogP contribution in [0.4, 0.5) is 0 Å². The maximum Gasteiger partial charge on any atom is 0.335 e. The van der Waals surface area contributed by atoms with Crippen molar-refractivity contribution in [1.29, 1.82) is 0 Å². The van der Waals surface area contributed by atoms with Gasteiger partial charge in [0.2, 0.25) is 0 Å². The Hall–Kier alpha value is -2.75. The first-order valence-corrected chi connectivity index (χ1v) is 6.61. The Kier molecular flexibility index (Phi) is 3.14. The van der Waals surface area contributed by atoms with Crippen molar-refractivity contribution in [2.24, 2.45) is 0 Å². The van der Waals surface area contributed by atoms with Gasteiger partial charge in [-0.05, 0) is 31.2 Å². The summed E-state index contributed by atoms with van der Waals surface area (Å²) in [6.07, 6.45) is 0. The van der Waals surface area contributed by atoms with E-state index < -0.39 is 5.97 Å². The van der Waals surface area contributed by atoms with E-state index in [-0.39, 0.29) is 5.56 Å². The molecule has 1 heterocycles. The van der Waals surface area contributed by atoms with Gasteiger partial charge in [-0.1, -0.05) is 18.2 Å². The largest absolute Gasteiger partial charge is 0.496 e. The number of carboxylic acid groups (broad SMARTS) is 1. The van der Waals surface area contributed by atoms with E-state index >= 15 is 0 Å². The number of aromatic nitrogens is 1. The zero-order valence-electron chi connectivity index (χ0n) is 11.8. The number of ether oxygens (including phenoxy) is 1. The van der Waals surface area contributed by atoms with Gasteiger partial charge in [0.05, 0.1) is 12.7 Å². The number of carbonyl (C=O) groups is 1. The smallest absolute Gasteiger partial charge is 0.335 e. The fourth-order valence-corrected chi connectivity index (χ4v) is 2.66. The van der Waals surface area contributed by atoms with Crippen molar-refractivity contribution in [3.8, 4) is 16.9 Å². The summed E-state index contributed by atoms with van der Waals surface area (Å²) in [5.74, 6) is -0.288. The van der Waals surface area contributed by atoms with E-state index in [2.05, 4.69) is 4.98 Å². The molecular formula is C17H15NO3. The number of H-pyrrole nitrogens is 1. The SMILES string of the molecule is COc1ccc(C(=O)O)cc1-c1c(C)[nH]c2ccccc12. The molecule has 2 N–H and O–H groups in total. The van der Waals surface area contributed by atoms with Crippen molar-refractivity contribution in [2.45, 2.75) is 6.92 Å². The van der Waals surface area contributed by atoms with Crippen LogP contribution in [0, 0.1) is 6.92 Å². The summed E-state index contributed by atoms with van der Waals surface area (Å²) in [6, 6.07) is 12.8. The van der Waals surface area contributed by atoms with Gasteiger partial charge < -0.3 is 14.8 Å². The molecule has 4 heteroatoms. The van der Waals surface area contributed by atoms with Crippen LogP contribution < -0.4 is 4.74 Å². The molecule has 0 aliphatic rings. The van der Waals surface area contributed by atoms with E-state index in [1.165, 1.54) is 0 Å². The third kappa shape index (κ3) is 2.14. The van der Waals surface area contributed by atoms with Crippen LogP contribution in [-0.2, 0) is 0 Å². The molecular weight excluding hydrogens is 266 g/mol. The fraction of sp³-hybridized carbons (Fsp3) is 0.118. The average Bonchev–Trinajstić information content (AvgIpc) is 2.82. The molecule has 0 unspecified atom stereocenters. The van der Waals surface area contributed by atoms with Gasteiger partial charge in [0.15, 0.2) is 0 Å². The van der Waals surface area contributed by atoms with Crippen LogP contribution >= 0.6 is 0 Å². The van der Waals surface area contributed by atoms with Gasteiger partial charge in [-0.2, -0.15) is 0 Å². The number of rotatable bonds is 3. The third-order valence-corrected chi connectivity index (χ3v) is 3.61. The number of benzene rings is 2. The fourth-order valence-electron chi connectivity index (χ4n) is 2.66. The molecule has 2 aromatic carbocycles. The lowest BCUT2D eigenvalue weighted by atomic mass is 9.99. The Bertz CT molecular complexity index is 833. The maximum atomic E-state index is 11.2. The molecule has 106 valence electrons. The van der Waals surface area contributed by atoms with Gasteiger partial charge in [0, 0.05) is 27.7 Å². The quantitative estimate of drug-likeness (QED) is 0.766. The second-order valence-corrected chi connectivity index (χ2v) is 4.89. The number of aromatic carboxylic acids is 1. The highest BCUT2D eigenvalue weighted by Gasteiger charge is 2.16. The van der Waals surface area contributed by atoms with Crippen molar-refractivity contribution < 1.29 is 14.6 Å². The second-order valence-electron chi connectivity index (χ2n) is 4.89. The van der Waals surface area contributed by atoms with Crippen LogP contribution in [0.5, 0.6) is 5.75 Å². The highest BCUT2D eigenvalue weighted by atomic mass is 16.5. The summed E-state index contributed by atoms with van der Waals surface area (Å²) in [5, 5.41) is 10.3. The number of hydrogen-bond acceptors (Lipinski definition) is 2. The van der Waals surface area contributed by atoms with Crippen molar-refractivity contribution in [3.05, 3.63) is 53.7 Å². The Balaban J connectivity index is 2.33. The Morgan fingerprint density at radius 1 is 1.19 bits per heavy atom. The topological polar surface area (TPSA) is 62.3 Å². The number of nitrogens with one attached hydrogen (secondary N) is 1. The van der Waals surface area contributed by atoms with E-state index in [1.54, 1.807) is 25.3 Å². The third-order valence-electron chi connectivity index (χ3n) is 3.61. The molecule has 0 saturated carbocycles. The van der Waals surface area contributed by atoms with Crippen LogP contribution in [0.2, 0.25) is 0 Å². The van der Waals surface area contributed by atoms with Crippen LogP contribution in [0.3, 0.4) is 0 Å².